The minimum Gasteiger partial charge on any atom is -0.504 e. The van der Waals surface area contributed by atoms with E-state index in [9.17, 15) is 33.9 Å². The molecule has 1 unspecified atom stereocenters. The average molecular weight is 764 g/mol. The molecule has 0 bridgehead atoms. The van der Waals surface area contributed by atoms with Crippen molar-refractivity contribution in [2.75, 3.05) is 29.0 Å². The SMILES string of the molecule is Cc1ccc(C(=O)Nc2ccc(C(=O)NC(CC(N)=O)C(=O)Nc3ccc(C(=O)Nc4ccc(C(=O)NC5CCNCC5)c(O)c4OC(C)C)cc3)cc2)cc1. The molecule has 4 aromatic carbocycles. The number of piperidine rings is 1. The number of hydrogen-bond donors (Lipinski definition) is 8. The van der Waals surface area contributed by atoms with E-state index in [1.54, 1.807) is 26.0 Å². The number of phenols is 1. The van der Waals surface area contributed by atoms with Crippen LogP contribution in [0, 0.1) is 6.92 Å². The molecule has 1 aliphatic heterocycles. The van der Waals surface area contributed by atoms with Gasteiger partial charge in [0.1, 0.15) is 6.04 Å². The number of aromatic hydroxyl groups is 1. The number of aryl methyl sites for hydroxylation is 1. The van der Waals surface area contributed by atoms with Gasteiger partial charge in [-0.15, -0.1) is 0 Å². The van der Waals surface area contributed by atoms with Crippen molar-refractivity contribution in [3.8, 4) is 11.5 Å². The molecule has 1 saturated heterocycles. The lowest BCUT2D eigenvalue weighted by atomic mass is 10.1. The zero-order chi connectivity index (χ0) is 40.4. The topological polar surface area (TPSA) is 230 Å². The summed E-state index contributed by atoms with van der Waals surface area (Å²) >= 11 is 0. The third-order valence-electron chi connectivity index (χ3n) is 8.81. The molecule has 0 aliphatic carbocycles. The Morgan fingerprint density at radius 2 is 1.27 bits per heavy atom. The third kappa shape index (κ3) is 10.9. The summed E-state index contributed by atoms with van der Waals surface area (Å²) in [6, 6.07) is 20.4. The first-order chi connectivity index (χ1) is 26.8. The molecule has 292 valence electrons. The number of primary amides is 1. The number of amides is 6. The molecule has 6 amide bonds. The molecule has 0 radical (unpaired) electrons. The van der Waals surface area contributed by atoms with Crippen LogP contribution in [-0.2, 0) is 9.59 Å². The van der Waals surface area contributed by atoms with Crippen LogP contribution in [0.4, 0.5) is 17.1 Å². The molecule has 1 aliphatic rings. The summed E-state index contributed by atoms with van der Waals surface area (Å²) < 4.78 is 5.82. The largest absolute Gasteiger partial charge is 0.504 e. The van der Waals surface area contributed by atoms with E-state index < -0.39 is 53.9 Å². The van der Waals surface area contributed by atoms with E-state index in [2.05, 4.69) is 31.9 Å². The highest BCUT2D eigenvalue weighted by atomic mass is 16.5. The molecule has 9 N–H and O–H groups in total. The second kappa shape index (κ2) is 18.5. The minimum atomic E-state index is -1.33. The van der Waals surface area contributed by atoms with Gasteiger partial charge in [0.15, 0.2) is 11.5 Å². The maximum Gasteiger partial charge on any atom is 0.255 e. The van der Waals surface area contributed by atoms with Gasteiger partial charge in [-0.2, -0.15) is 0 Å². The monoisotopic (exact) mass is 763 g/mol. The fourth-order valence-corrected chi connectivity index (χ4v) is 5.83. The van der Waals surface area contributed by atoms with Gasteiger partial charge in [0, 0.05) is 34.1 Å². The van der Waals surface area contributed by atoms with Gasteiger partial charge in [0.2, 0.25) is 11.8 Å². The zero-order valence-corrected chi connectivity index (χ0v) is 31.2. The Balaban J connectivity index is 1.20. The molecule has 15 heteroatoms. The minimum absolute atomic E-state index is 0.0144. The maximum atomic E-state index is 13.3. The highest BCUT2D eigenvalue weighted by Gasteiger charge is 2.26. The third-order valence-corrected chi connectivity index (χ3v) is 8.81. The summed E-state index contributed by atoms with van der Waals surface area (Å²) in [4.78, 5) is 77.0. The number of rotatable bonds is 14. The van der Waals surface area contributed by atoms with Crippen LogP contribution in [-0.4, -0.2) is 71.8 Å². The van der Waals surface area contributed by atoms with Crippen LogP contribution in [0.2, 0.25) is 0 Å². The molecule has 4 aromatic rings. The Hall–Kier alpha value is -6.74. The molecular weight excluding hydrogens is 718 g/mol. The van der Waals surface area contributed by atoms with Crippen LogP contribution in [0.3, 0.4) is 0 Å². The Labute approximate surface area is 323 Å². The average Bonchev–Trinajstić information content (AvgIpc) is 3.16. The summed E-state index contributed by atoms with van der Waals surface area (Å²) in [5, 5.41) is 27.8. The zero-order valence-electron chi connectivity index (χ0n) is 31.2. The summed E-state index contributed by atoms with van der Waals surface area (Å²) in [6.45, 7) is 6.96. The van der Waals surface area contributed by atoms with E-state index in [0.717, 1.165) is 31.5 Å². The van der Waals surface area contributed by atoms with Crippen molar-refractivity contribution >= 4 is 52.5 Å². The van der Waals surface area contributed by atoms with E-state index >= 15 is 0 Å². The van der Waals surface area contributed by atoms with Gasteiger partial charge >= 0.3 is 0 Å². The van der Waals surface area contributed by atoms with Crippen LogP contribution in [0.25, 0.3) is 0 Å². The second-order valence-corrected chi connectivity index (χ2v) is 13.6. The van der Waals surface area contributed by atoms with Crippen LogP contribution in [0.15, 0.2) is 84.9 Å². The second-order valence-electron chi connectivity index (χ2n) is 13.6. The number of phenolic OH excluding ortho intramolecular Hbond substituents is 1. The summed E-state index contributed by atoms with van der Waals surface area (Å²) in [5.41, 5.74) is 8.09. The number of carbonyl (C=O) groups is 6. The van der Waals surface area contributed by atoms with Gasteiger partial charge in [0.25, 0.3) is 23.6 Å². The number of benzene rings is 4. The van der Waals surface area contributed by atoms with E-state index in [4.69, 9.17) is 10.5 Å². The maximum absolute atomic E-state index is 13.3. The van der Waals surface area contributed by atoms with Crippen molar-refractivity contribution in [3.05, 3.63) is 113 Å². The van der Waals surface area contributed by atoms with Crippen molar-refractivity contribution in [2.45, 2.75) is 58.2 Å². The molecule has 0 aromatic heterocycles. The van der Waals surface area contributed by atoms with E-state index in [0.29, 0.717) is 11.3 Å². The highest BCUT2D eigenvalue weighted by Crippen LogP contribution is 2.39. The first-order valence-electron chi connectivity index (χ1n) is 18.1. The number of ether oxygens (including phenoxy) is 1. The highest BCUT2D eigenvalue weighted by molar-refractivity contribution is 6.08. The Bertz CT molecular complexity index is 2080. The molecule has 1 fully saturated rings. The number of anilines is 3. The quantitative estimate of drug-likeness (QED) is 0.0924. The number of nitrogens with one attached hydrogen (secondary N) is 6. The number of hydrogen-bond acceptors (Lipinski definition) is 9. The van der Waals surface area contributed by atoms with Gasteiger partial charge in [-0.25, -0.2) is 0 Å². The van der Waals surface area contributed by atoms with E-state index in [-0.39, 0.29) is 45.8 Å². The lowest BCUT2D eigenvalue weighted by Crippen LogP contribution is -2.46. The van der Waals surface area contributed by atoms with Crippen LogP contribution in [0.1, 0.15) is 80.1 Å². The van der Waals surface area contributed by atoms with E-state index in [1.807, 2.05) is 19.1 Å². The summed E-state index contributed by atoms with van der Waals surface area (Å²) in [5.74, 6) is -4.01. The lowest BCUT2D eigenvalue weighted by molar-refractivity contribution is -0.123. The number of carbonyl (C=O) groups excluding carboxylic acids is 6. The molecule has 1 heterocycles. The Morgan fingerprint density at radius 1 is 0.732 bits per heavy atom. The van der Waals surface area contributed by atoms with Gasteiger partial charge < -0.3 is 47.5 Å². The van der Waals surface area contributed by atoms with Crippen molar-refractivity contribution < 1.29 is 38.6 Å². The normalized spacial score (nSPS) is 13.2. The van der Waals surface area contributed by atoms with Gasteiger partial charge in [0.05, 0.1) is 23.8 Å². The Kier molecular flexibility index (Phi) is 13.4. The van der Waals surface area contributed by atoms with Gasteiger partial charge in [-0.3, -0.25) is 28.8 Å². The summed E-state index contributed by atoms with van der Waals surface area (Å²) in [6.07, 6.45) is 0.639. The fraction of sp³-hybridized carbons (Fsp3) is 0.268. The molecule has 5 rings (SSSR count). The molecule has 0 spiro atoms. The van der Waals surface area contributed by atoms with Gasteiger partial charge in [-0.1, -0.05) is 17.7 Å². The predicted molar refractivity (Wildman–Crippen MR) is 211 cm³/mol. The Morgan fingerprint density at radius 3 is 1.84 bits per heavy atom. The van der Waals surface area contributed by atoms with Crippen LogP contribution in [0.5, 0.6) is 11.5 Å². The summed E-state index contributed by atoms with van der Waals surface area (Å²) in [7, 11) is 0. The predicted octanol–water partition coefficient (Wildman–Crippen LogP) is 4.09. The van der Waals surface area contributed by atoms with Crippen molar-refractivity contribution in [1.29, 1.82) is 0 Å². The van der Waals surface area contributed by atoms with Crippen LogP contribution >= 0.6 is 0 Å². The number of nitrogens with two attached hydrogens (primary N) is 1. The lowest BCUT2D eigenvalue weighted by Gasteiger charge is -2.24. The molecule has 1 atom stereocenters. The molecule has 56 heavy (non-hydrogen) atoms. The molecular formula is C41H45N7O8. The van der Waals surface area contributed by atoms with Crippen molar-refractivity contribution in [1.82, 2.24) is 16.0 Å². The smallest absolute Gasteiger partial charge is 0.255 e. The standard InChI is InChI=1S/C41H45N7O8/c1-23(2)56-36-32(17-16-31(35(36)50)40(54)45-30-18-20-43-21-19-30)47-38(52)26-10-14-29(15-11-26)46-41(55)33(22-34(42)49)48-39(53)27-8-12-28(13-9-27)44-37(51)25-6-4-24(3)5-7-25/h4-17,23,30,33,43,50H,18-22H2,1-3H3,(H2,42,49)(H,44,51)(H,45,54)(H,46,55)(H,47,52)(H,48,53). The van der Waals surface area contributed by atoms with Crippen molar-refractivity contribution in [3.63, 3.8) is 0 Å². The van der Waals surface area contributed by atoms with Gasteiger partial charge in [-0.05, 0) is 119 Å². The van der Waals surface area contributed by atoms with Crippen LogP contribution < -0.4 is 42.4 Å². The van der Waals surface area contributed by atoms with E-state index in [1.165, 1.54) is 60.7 Å². The first-order valence-corrected chi connectivity index (χ1v) is 18.1. The fourth-order valence-electron chi connectivity index (χ4n) is 5.83. The molecule has 0 saturated carbocycles. The van der Waals surface area contributed by atoms with Crippen molar-refractivity contribution in [2.24, 2.45) is 5.73 Å². The molecule has 15 nitrogen and oxygen atoms in total. The first kappa shape index (κ1) is 40.4.